The van der Waals surface area contributed by atoms with E-state index in [0.29, 0.717) is 6.04 Å². The predicted molar refractivity (Wildman–Crippen MR) is 53.2 cm³/mol. The number of hydrogen-bond acceptors (Lipinski definition) is 2. The van der Waals surface area contributed by atoms with Crippen LogP contribution in [0.3, 0.4) is 0 Å². The van der Waals surface area contributed by atoms with E-state index in [0.717, 1.165) is 13.0 Å². The fraction of sp³-hybridized carbons (Fsp3) is 1.00. The summed E-state index contributed by atoms with van der Waals surface area (Å²) in [5.74, 6) is 0. The van der Waals surface area contributed by atoms with Crippen LogP contribution in [0.1, 0.15) is 39.0 Å². The Labute approximate surface area is 76.1 Å². The number of likely N-dealkylation sites (tertiary alicyclic amines) is 1. The van der Waals surface area contributed by atoms with Gasteiger partial charge >= 0.3 is 0 Å². The zero-order chi connectivity index (χ0) is 8.81. The lowest BCUT2D eigenvalue weighted by molar-refractivity contribution is 0.209. The number of hydrogen-bond donors (Lipinski definition) is 1. The van der Waals surface area contributed by atoms with Crippen molar-refractivity contribution in [1.82, 2.24) is 4.90 Å². The average Bonchev–Trinajstić information content (AvgIpc) is 2.32. The van der Waals surface area contributed by atoms with E-state index in [1.165, 1.54) is 38.8 Å². The summed E-state index contributed by atoms with van der Waals surface area (Å²) in [5.41, 5.74) is 5.55. The van der Waals surface area contributed by atoms with Crippen LogP contribution >= 0.6 is 0 Å². The lowest BCUT2D eigenvalue weighted by atomic mass is 10.2. The highest BCUT2D eigenvalue weighted by Crippen LogP contribution is 2.13. The third-order valence-corrected chi connectivity index (χ3v) is 2.85. The van der Waals surface area contributed by atoms with Crippen LogP contribution in [0, 0.1) is 0 Å². The zero-order valence-electron chi connectivity index (χ0n) is 8.26. The van der Waals surface area contributed by atoms with Crippen molar-refractivity contribution in [1.29, 1.82) is 0 Å². The highest BCUT2D eigenvalue weighted by molar-refractivity contribution is 4.70. The second-order valence-corrected chi connectivity index (χ2v) is 3.88. The van der Waals surface area contributed by atoms with Crippen LogP contribution in [-0.2, 0) is 0 Å². The first kappa shape index (κ1) is 10.0. The summed E-state index contributed by atoms with van der Waals surface area (Å²) >= 11 is 0. The molecule has 0 aromatic rings. The molecule has 1 rings (SSSR count). The lowest BCUT2D eigenvalue weighted by Crippen LogP contribution is -2.35. The molecule has 0 saturated carbocycles. The third-order valence-electron chi connectivity index (χ3n) is 2.85. The van der Waals surface area contributed by atoms with E-state index < -0.39 is 0 Å². The van der Waals surface area contributed by atoms with Crippen molar-refractivity contribution in [3.05, 3.63) is 0 Å². The summed E-state index contributed by atoms with van der Waals surface area (Å²) in [6, 6.07) is 0.702. The molecule has 0 bridgehead atoms. The van der Waals surface area contributed by atoms with E-state index in [1.807, 2.05) is 0 Å². The first-order valence-electron chi connectivity index (χ1n) is 5.28. The smallest absolute Gasteiger partial charge is 0.00789 e. The molecule has 0 aliphatic carbocycles. The predicted octanol–water partition coefficient (Wildman–Crippen LogP) is 1.60. The van der Waals surface area contributed by atoms with Gasteiger partial charge in [-0.2, -0.15) is 0 Å². The minimum absolute atomic E-state index is 0.702. The molecule has 72 valence electrons. The quantitative estimate of drug-likeness (QED) is 0.697. The van der Waals surface area contributed by atoms with Crippen molar-refractivity contribution in [2.24, 2.45) is 5.73 Å². The van der Waals surface area contributed by atoms with Crippen molar-refractivity contribution >= 4 is 0 Å². The largest absolute Gasteiger partial charge is 0.330 e. The fourth-order valence-corrected chi connectivity index (χ4v) is 1.96. The molecular weight excluding hydrogens is 148 g/mol. The van der Waals surface area contributed by atoms with Gasteiger partial charge in [0.05, 0.1) is 0 Å². The Morgan fingerprint density at radius 1 is 1.17 bits per heavy atom. The van der Waals surface area contributed by atoms with Gasteiger partial charge in [0.2, 0.25) is 0 Å². The van der Waals surface area contributed by atoms with E-state index >= 15 is 0 Å². The molecule has 1 aliphatic heterocycles. The number of rotatable bonds is 3. The summed E-state index contributed by atoms with van der Waals surface area (Å²) in [6.07, 6.45) is 6.77. The van der Waals surface area contributed by atoms with Crippen LogP contribution in [0.2, 0.25) is 0 Å². The summed E-state index contributed by atoms with van der Waals surface area (Å²) in [4.78, 5) is 2.60. The van der Waals surface area contributed by atoms with Gasteiger partial charge in [0.1, 0.15) is 0 Å². The van der Waals surface area contributed by atoms with Gasteiger partial charge in [-0.3, -0.25) is 0 Å². The molecule has 0 aromatic carbocycles. The first-order chi connectivity index (χ1) is 5.84. The third kappa shape index (κ3) is 3.11. The SMILES string of the molecule is C[C@H](CCN)N1CCCCCC1. The molecule has 0 spiro atoms. The van der Waals surface area contributed by atoms with Crippen LogP contribution in [0.5, 0.6) is 0 Å². The zero-order valence-corrected chi connectivity index (χ0v) is 8.26. The first-order valence-corrected chi connectivity index (χ1v) is 5.28. The van der Waals surface area contributed by atoms with Gasteiger partial charge in [-0.25, -0.2) is 0 Å². The number of nitrogens with zero attached hydrogens (tertiary/aromatic N) is 1. The molecule has 1 atom stereocenters. The maximum atomic E-state index is 5.55. The second kappa shape index (κ2) is 5.55. The maximum Gasteiger partial charge on any atom is 0.00789 e. The monoisotopic (exact) mass is 170 g/mol. The van der Waals surface area contributed by atoms with Gasteiger partial charge in [-0.05, 0) is 45.8 Å². The molecule has 2 nitrogen and oxygen atoms in total. The Morgan fingerprint density at radius 3 is 2.25 bits per heavy atom. The Kier molecular flexibility index (Phi) is 4.62. The minimum atomic E-state index is 0.702. The van der Waals surface area contributed by atoms with E-state index in [-0.39, 0.29) is 0 Å². The minimum Gasteiger partial charge on any atom is -0.330 e. The lowest BCUT2D eigenvalue weighted by Gasteiger charge is -2.26. The van der Waals surface area contributed by atoms with Gasteiger partial charge in [-0.1, -0.05) is 12.8 Å². The van der Waals surface area contributed by atoms with Crippen LogP contribution in [0.4, 0.5) is 0 Å². The van der Waals surface area contributed by atoms with Crippen LogP contribution in [0.25, 0.3) is 0 Å². The normalized spacial score (nSPS) is 23.5. The molecule has 0 amide bonds. The Balaban J connectivity index is 2.27. The van der Waals surface area contributed by atoms with Crippen LogP contribution in [-0.4, -0.2) is 30.6 Å². The van der Waals surface area contributed by atoms with Gasteiger partial charge in [-0.15, -0.1) is 0 Å². The molecule has 1 saturated heterocycles. The van der Waals surface area contributed by atoms with Crippen LogP contribution in [0.15, 0.2) is 0 Å². The molecule has 1 fully saturated rings. The highest BCUT2D eigenvalue weighted by atomic mass is 15.1. The van der Waals surface area contributed by atoms with Gasteiger partial charge in [0.15, 0.2) is 0 Å². The summed E-state index contributed by atoms with van der Waals surface area (Å²) in [5, 5.41) is 0. The van der Waals surface area contributed by atoms with Crippen molar-refractivity contribution in [3.8, 4) is 0 Å². The van der Waals surface area contributed by atoms with E-state index in [9.17, 15) is 0 Å². The van der Waals surface area contributed by atoms with Crippen molar-refractivity contribution in [2.45, 2.75) is 45.1 Å². The van der Waals surface area contributed by atoms with Crippen molar-refractivity contribution in [3.63, 3.8) is 0 Å². The van der Waals surface area contributed by atoms with Crippen molar-refractivity contribution < 1.29 is 0 Å². The van der Waals surface area contributed by atoms with Gasteiger partial charge in [0, 0.05) is 6.04 Å². The second-order valence-electron chi connectivity index (χ2n) is 3.88. The highest BCUT2D eigenvalue weighted by Gasteiger charge is 2.14. The maximum absolute atomic E-state index is 5.55. The van der Waals surface area contributed by atoms with Gasteiger partial charge in [0.25, 0.3) is 0 Å². The Bertz CT molecular complexity index is 106. The van der Waals surface area contributed by atoms with Gasteiger partial charge < -0.3 is 10.6 Å². The molecule has 0 radical (unpaired) electrons. The summed E-state index contributed by atoms with van der Waals surface area (Å²) in [7, 11) is 0. The number of nitrogens with two attached hydrogens (primary N) is 1. The molecule has 1 heterocycles. The summed E-state index contributed by atoms with van der Waals surface area (Å²) in [6.45, 7) is 5.72. The molecule has 0 unspecified atom stereocenters. The molecule has 0 aromatic heterocycles. The standard InChI is InChI=1S/C10H22N2/c1-10(6-7-11)12-8-4-2-3-5-9-12/h10H,2-9,11H2,1H3/t10-/m1/s1. The fourth-order valence-electron chi connectivity index (χ4n) is 1.96. The van der Waals surface area contributed by atoms with E-state index in [4.69, 9.17) is 5.73 Å². The topological polar surface area (TPSA) is 29.3 Å². The Hall–Kier alpha value is -0.0800. The average molecular weight is 170 g/mol. The molecular formula is C10H22N2. The van der Waals surface area contributed by atoms with E-state index in [2.05, 4.69) is 11.8 Å². The summed E-state index contributed by atoms with van der Waals surface area (Å²) < 4.78 is 0. The molecule has 2 heteroatoms. The van der Waals surface area contributed by atoms with Crippen molar-refractivity contribution in [2.75, 3.05) is 19.6 Å². The molecule has 2 N–H and O–H groups in total. The molecule has 12 heavy (non-hydrogen) atoms. The molecule has 1 aliphatic rings. The van der Waals surface area contributed by atoms with Crippen LogP contribution < -0.4 is 5.73 Å². The van der Waals surface area contributed by atoms with E-state index in [1.54, 1.807) is 0 Å². The Morgan fingerprint density at radius 2 is 1.75 bits per heavy atom.